The molecule has 0 atom stereocenters. The van der Waals surface area contributed by atoms with Gasteiger partial charge in [-0.2, -0.15) is 0 Å². The standard InChI is InChI=1S/C20H21N3O3S/c1-14-5-7-17(8-6-14)25-11-10-21-19(24)18-4-3-9-22-20(18)27-13-16-12-15(2)26-23-16/h3-9,12H,10-11,13H2,1-2H3,(H,21,24). The lowest BCUT2D eigenvalue weighted by molar-refractivity contribution is 0.0943. The van der Waals surface area contributed by atoms with Crippen LogP contribution >= 0.6 is 11.8 Å². The van der Waals surface area contributed by atoms with E-state index >= 15 is 0 Å². The molecule has 0 aliphatic rings. The molecule has 140 valence electrons. The molecule has 0 radical (unpaired) electrons. The first kappa shape index (κ1) is 19.0. The van der Waals surface area contributed by atoms with E-state index in [1.165, 1.54) is 17.3 Å². The Bertz CT molecular complexity index is 893. The van der Waals surface area contributed by atoms with E-state index in [2.05, 4.69) is 15.5 Å². The molecular formula is C20H21N3O3S. The van der Waals surface area contributed by atoms with Crippen molar-refractivity contribution in [1.82, 2.24) is 15.5 Å². The number of aryl methyl sites for hydroxylation is 2. The van der Waals surface area contributed by atoms with Crippen LogP contribution in [0.25, 0.3) is 0 Å². The quantitative estimate of drug-likeness (QED) is 0.471. The van der Waals surface area contributed by atoms with Crippen molar-refractivity contribution in [1.29, 1.82) is 0 Å². The highest BCUT2D eigenvalue weighted by Crippen LogP contribution is 2.24. The fourth-order valence-electron chi connectivity index (χ4n) is 2.37. The van der Waals surface area contributed by atoms with Gasteiger partial charge in [0.1, 0.15) is 23.1 Å². The van der Waals surface area contributed by atoms with E-state index in [1.807, 2.05) is 44.2 Å². The van der Waals surface area contributed by atoms with Crippen LogP contribution in [0, 0.1) is 13.8 Å². The van der Waals surface area contributed by atoms with Gasteiger partial charge >= 0.3 is 0 Å². The number of carbonyl (C=O) groups is 1. The van der Waals surface area contributed by atoms with E-state index in [4.69, 9.17) is 9.26 Å². The van der Waals surface area contributed by atoms with Gasteiger partial charge in [-0.1, -0.05) is 34.6 Å². The Morgan fingerprint density at radius 1 is 1.22 bits per heavy atom. The fraction of sp³-hybridized carbons (Fsp3) is 0.250. The minimum atomic E-state index is -0.172. The molecule has 1 amide bonds. The molecule has 1 aromatic carbocycles. The molecule has 3 rings (SSSR count). The van der Waals surface area contributed by atoms with Crippen LogP contribution < -0.4 is 10.1 Å². The maximum Gasteiger partial charge on any atom is 0.254 e. The number of benzene rings is 1. The van der Waals surface area contributed by atoms with Crippen molar-refractivity contribution in [3.05, 3.63) is 71.2 Å². The maximum atomic E-state index is 12.5. The number of amides is 1. The fourth-order valence-corrected chi connectivity index (χ4v) is 3.24. The van der Waals surface area contributed by atoms with Gasteiger partial charge in [0.15, 0.2) is 0 Å². The zero-order valence-corrected chi connectivity index (χ0v) is 16.1. The number of ether oxygens (including phenoxy) is 1. The molecule has 7 heteroatoms. The first-order valence-corrected chi connectivity index (χ1v) is 9.58. The third kappa shape index (κ3) is 5.59. The number of nitrogens with zero attached hydrogens (tertiary/aromatic N) is 2. The summed E-state index contributed by atoms with van der Waals surface area (Å²) in [6, 6.07) is 13.2. The molecule has 0 aliphatic heterocycles. The van der Waals surface area contributed by atoms with Gasteiger partial charge in [-0.05, 0) is 38.1 Å². The first-order valence-electron chi connectivity index (χ1n) is 8.59. The summed E-state index contributed by atoms with van der Waals surface area (Å²) in [5, 5.41) is 7.49. The summed E-state index contributed by atoms with van der Waals surface area (Å²) < 4.78 is 10.7. The molecule has 0 fully saturated rings. The highest BCUT2D eigenvalue weighted by atomic mass is 32.2. The van der Waals surface area contributed by atoms with E-state index in [0.717, 1.165) is 17.2 Å². The van der Waals surface area contributed by atoms with Gasteiger partial charge in [-0.15, -0.1) is 0 Å². The van der Waals surface area contributed by atoms with Crippen LogP contribution in [-0.2, 0) is 5.75 Å². The van der Waals surface area contributed by atoms with Gasteiger partial charge < -0.3 is 14.6 Å². The van der Waals surface area contributed by atoms with Crippen molar-refractivity contribution in [2.24, 2.45) is 0 Å². The van der Waals surface area contributed by atoms with Gasteiger partial charge in [-0.3, -0.25) is 4.79 Å². The van der Waals surface area contributed by atoms with Crippen LogP contribution in [0.3, 0.4) is 0 Å². The Balaban J connectivity index is 1.51. The highest BCUT2D eigenvalue weighted by Gasteiger charge is 2.13. The van der Waals surface area contributed by atoms with E-state index in [1.54, 1.807) is 18.3 Å². The van der Waals surface area contributed by atoms with Crippen molar-refractivity contribution < 1.29 is 14.1 Å². The zero-order chi connectivity index (χ0) is 19.1. The third-order valence-corrected chi connectivity index (χ3v) is 4.77. The SMILES string of the molecule is Cc1ccc(OCCNC(=O)c2cccnc2SCc2cc(C)on2)cc1. The molecule has 3 aromatic rings. The Morgan fingerprint density at radius 2 is 2.04 bits per heavy atom. The van der Waals surface area contributed by atoms with Crippen molar-refractivity contribution in [3.8, 4) is 5.75 Å². The average molecular weight is 383 g/mol. The summed E-state index contributed by atoms with van der Waals surface area (Å²) in [6.45, 7) is 4.68. The summed E-state index contributed by atoms with van der Waals surface area (Å²) in [7, 11) is 0. The van der Waals surface area contributed by atoms with Crippen molar-refractivity contribution in [3.63, 3.8) is 0 Å². The lowest BCUT2D eigenvalue weighted by Gasteiger charge is -2.10. The molecule has 0 unspecified atom stereocenters. The van der Waals surface area contributed by atoms with Gasteiger partial charge in [0, 0.05) is 18.0 Å². The second-order valence-corrected chi connectivity index (χ2v) is 6.96. The molecule has 0 saturated heterocycles. The van der Waals surface area contributed by atoms with Crippen LogP contribution in [0.5, 0.6) is 5.75 Å². The zero-order valence-electron chi connectivity index (χ0n) is 15.3. The van der Waals surface area contributed by atoms with Crippen LogP contribution in [0.4, 0.5) is 0 Å². The smallest absolute Gasteiger partial charge is 0.254 e. The lowest BCUT2D eigenvalue weighted by atomic mass is 10.2. The first-order chi connectivity index (χ1) is 13.1. The van der Waals surface area contributed by atoms with E-state index in [-0.39, 0.29) is 5.91 Å². The van der Waals surface area contributed by atoms with Gasteiger partial charge in [0.25, 0.3) is 5.91 Å². The minimum Gasteiger partial charge on any atom is -0.492 e. The van der Waals surface area contributed by atoms with Crippen LogP contribution in [-0.4, -0.2) is 29.2 Å². The Hall–Kier alpha value is -2.80. The molecule has 27 heavy (non-hydrogen) atoms. The Kier molecular flexibility index (Phi) is 6.49. The molecule has 2 heterocycles. The number of nitrogens with one attached hydrogen (secondary N) is 1. The summed E-state index contributed by atoms with van der Waals surface area (Å²) in [6.07, 6.45) is 1.67. The number of rotatable bonds is 8. The molecule has 6 nitrogen and oxygen atoms in total. The molecule has 1 N–H and O–H groups in total. The van der Waals surface area contributed by atoms with E-state index in [9.17, 15) is 4.79 Å². The van der Waals surface area contributed by atoms with Crippen LogP contribution in [0.15, 0.2) is 58.2 Å². The summed E-state index contributed by atoms with van der Waals surface area (Å²) in [5.41, 5.74) is 2.54. The largest absolute Gasteiger partial charge is 0.492 e. The van der Waals surface area contributed by atoms with Crippen molar-refractivity contribution in [2.45, 2.75) is 24.6 Å². The van der Waals surface area contributed by atoms with Crippen LogP contribution in [0.2, 0.25) is 0 Å². The summed E-state index contributed by atoms with van der Waals surface area (Å²) in [4.78, 5) is 16.8. The Labute approximate surface area is 162 Å². The van der Waals surface area contributed by atoms with Crippen molar-refractivity contribution >= 4 is 17.7 Å². The third-order valence-electron chi connectivity index (χ3n) is 3.73. The monoisotopic (exact) mass is 383 g/mol. The number of pyridine rings is 1. The Morgan fingerprint density at radius 3 is 2.78 bits per heavy atom. The second kappa shape index (κ2) is 9.23. The summed E-state index contributed by atoms with van der Waals surface area (Å²) in [5.74, 6) is 1.97. The second-order valence-electron chi connectivity index (χ2n) is 5.99. The van der Waals surface area contributed by atoms with Crippen molar-refractivity contribution in [2.75, 3.05) is 13.2 Å². The number of thioether (sulfide) groups is 1. The average Bonchev–Trinajstić information content (AvgIpc) is 3.10. The maximum absolute atomic E-state index is 12.5. The van der Waals surface area contributed by atoms with Gasteiger partial charge in [-0.25, -0.2) is 4.98 Å². The molecule has 0 bridgehead atoms. The predicted octanol–water partition coefficient (Wildman–Crippen LogP) is 3.79. The topological polar surface area (TPSA) is 77.2 Å². The molecule has 0 aliphatic carbocycles. The molecule has 2 aromatic heterocycles. The van der Waals surface area contributed by atoms with Crippen LogP contribution in [0.1, 0.15) is 27.4 Å². The number of carbonyl (C=O) groups excluding carboxylic acids is 1. The number of hydrogen-bond acceptors (Lipinski definition) is 6. The number of hydrogen-bond donors (Lipinski definition) is 1. The van der Waals surface area contributed by atoms with E-state index < -0.39 is 0 Å². The highest BCUT2D eigenvalue weighted by molar-refractivity contribution is 7.98. The summed E-state index contributed by atoms with van der Waals surface area (Å²) >= 11 is 1.45. The molecular weight excluding hydrogens is 362 g/mol. The lowest BCUT2D eigenvalue weighted by Crippen LogP contribution is -2.28. The minimum absolute atomic E-state index is 0.172. The normalized spacial score (nSPS) is 10.6. The molecule has 0 saturated carbocycles. The number of aromatic nitrogens is 2. The predicted molar refractivity (Wildman–Crippen MR) is 104 cm³/mol. The van der Waals surface area contributed by atoms with Gasteiger partial charge in [0.2, 0.25) is 0 Å². The van der Waals surface area contributed by atoms with E-state index in [0.29, 0.717) is 29.5 Å². The van der Waals surface area contributed by atoms with Gasteiger partial charge in [0.05, 0.1) is 17.8 Å². The molecule has 0 spiro atoms.